The lowest BCUT2D eigenvalue weighted by atomic mass is 10.0. The van der Waals surface area contributed by atoms with Crippen molar-refractivity contribution in [2.24, 2.45) is 7.05 Å². The fourth-order valence-corrected chi connectivity index (χ4v) is 4.05. The predicted octanol–water partition coefficient (Wildman–Crippen LogP) is 3.54. The lowest BCUT2D eigenvalue weighted by molar-refractivity contribution is -0.137. The van der Waals surface area contributed by atoms with Crippen LogP contribution in [0.15, 0.2) is 12.1 Å². The molecule has 1 aliphatic rings. The van der Waals surface area contributed by atoms with E-state index in [2.05, 4.69) is 20.3 Å². The van der Waals surface area contributed by atoms with Crippen molar-refractivity contribution < 1.29 is 32.5 Å². The van der Waals surface area contributed by atoms with E-state index in [1.165, 1.54) is 19.1 Å². The Morgan fingerprint density at radius 1 is 1.21 bits per heavy atom. The van der Waals surface area contributed by atoms with E-state index < -0.39 is 17.8 Å². The molecule has 3 aromatic rings. The number of nitrogens with one attached hydrogen (secondary N) is 1. The third kappa shape index (κ3) is 4.13. The fraction of sp³-hybridized carbons (Fsp3) is 0.429. The molecular formula is C21H23F3N6O4. The Balaban J connectivity index is 1.77. The minimum absolute atomic E-state index is 0.0239. The number of ether oxygens (including phenoxy) is 2. The van der Waals surface area contributed by atoms with Crippen molar-refractivity contribution in [2.45, 2.75) is 25.6 Å². The van der Waals surface area contributed by atoms with Crippen LogP contribution in [-0.4, -0.2) is 69.0 Å². The van der Waals surface area contributed by atoms with Crippen LogP contribution in [0.25, 0.3) is 22.7 Å². The van der Waals surface area contributed by atoms with E-state index in [1.54, 1.807) is 18.5 Å². The SMILES string of the molecule is COc1cc(C(F)(F)F)cc(C)c1-c1nc2nc(N[C@@H]3CCN(C(=O)O)C3)c(OC)nc2n1C. The van der Waals surface area contributed by atoms with Gasteiger partial charge in [-0.15, -0.1) is 0 Å². The Morgan fingerprint density at radius 3 is 2.53 bits per heavy atom. The van der Waals surface area contributed by atoms with Gasteiger partial charge < -0.3 is 29.4 Å². The van der Waals surface area contributed by atoms with Crippen molar-refractivity contribution in [3.63, 3.8) is 0 Å². The van der Waals surface area contributed by atoms with Gasteiger partial charge in [-0.2, -0.15) is 18.2 Å². The maximum Gasteiger partial charge on any atom is 0.416 e. The van der Waals surface area contributed by atoms with Crippen LogP contribution in [0.4, 0.5) is 23.8 Å². The molecule has 13 heteroatoms. The lowest BCUT2D eigenvalue weighted by Crippen LogP contribution is -2.30. The van der Waals surface area contributed by atoms with Crippen molar-refractivity contribution in [3.05, 3.63) is 23.3 Å². The van der Waals surface area contributed by atoms with Gasteiger partial charge >= 0.3 is 12.3 Å². The van der Waals surface area contributed by atoms with Gasteiger partial charge in [0.25, 0.3) is 5.88 Å². The summed E-state index contributed by atoms with van der Waals surface area (Å²) >= 11 is 0. The zero-order chi connectivity index (χ0) is 24.8. The number of alkyl halides is 3. The number of halogens is 3. The fourth-order valence-electron chi connectivity index (χ4n) is 4.05. The predicted molar refractivity (Wildman–Crippen MR) is 116 cm³/mol. The highest BCUT2D eigenvalue weighted by Gasteiger charge is 2.33. The molecule has 0 spiro atoms. The first-order valence-electron chi connectivity index (χ1n) is 10.3. The molecule has 1 atom stereocenters. The van der Waals surface area contributed by atoms with Crippen LogP contribution in [0.2, 0.25) is 0 Å². The normalized spacial score (nSPS) is 16.2. The highest BCUT2D eigenvalue weighted by Crippen LogP contribution is 2.40. The number of amides is 1. The Bertz CT molecular complexity index is 1260. The number of nitrogens with zero attached hydrogens (tertiary/aromatic N) is 5. The zero-order valence-corrected chi connectivity index (χ0v) is 18.9. The molecule has 2 aromatic heterocycles. The molecule has 0 unspecified atom stereocenters. The molecule has 0 bridgehead atoms. The van der Waals surface area contributed by atoms with E-state index >= 15 is 0 Å². The molecule has 4 rings (SSSR count). The Kier molecular flexibility index (Phi) is 5.87. The number of hydrogen-bond donors (Lipinski definition) is 2. The van der Waals surface area contributed by atoms with E-state index in [1.807, 2.05) is 0 Å². The molecule has 1 amide bonds. The molecule has 34 heavy (non-hydrogen) atoms. The number of carboxylic acid groups (broad SMARTS) is 1. The second-order valence-corrected chi connectivity index (χ2v) is 7.95. The number of hydrogen-bond acceptors (Lipinski definition) is 7. The number of fused-ring (bicyclic) bond motifs is 1. The molecule has 1 aliphatic heterocycles. The summed E-state index contributed by atoms with van der Waals surface area (Å²) in [4.78, 5) is 26.0. The maximum absolute atomic E-state index is 13.3. The molecule has 0 saturated carbocycles. The van der Waals surface area contributed by atoms with Gasteiger partial charge in [0.15, 0.2) is 17.1 Å². The summed E-state index contributed by atoms with van der Waals surface area (Å²) in [7, 11) is 4.40. The highest BCUT2D eigenvalue weighted by atomic mass is 19.4. The number of carbonyl (C=O) groups is 1. The van der Waals surface area contributed by atoms with E-state index in [0.717, 1.165) is 12.1 Å². The first kappa shape index (κ1) is 23.4. The second-order valence-electron chi connectivity index (χ2n) is 7.95. The summed E-state index contributed by atoms with van der Waals surface area (Å²) in [5.74, 6) is 0.839. The smallest absolute Gasteiger partial charge is 0.416 e. The zero-order valence-electron chi connectivity index (χ0n) is 18.9. The number of benzene rings is 1. The van der Waals surface area contributed by atoms with Gasteiger partial charge in [-0.1, -0.05) is 0 Å². The molecule has 3 heterocycles. The first-order chi connectivity index (χ1) is 16.0. The van der Waals surface area contributed by atoms with Gasteiger partial charge in [-0.25, -0.2) is 14.8 Å². The second kappa shape index (κ2) is 8.54. The van der Waals surface area contributed by atoms with E-state index in [0.29, 0.717) is 41.4 Å². The first-order valence-corrected chi connectivity index (χ1v) is 10.3. The van der Waals surface area contributed by atoms with Gasteiger partial charge in [-0.3, -0.25) is 0 Å². The number of anilines is 1. The van der Waals surface area contributed by atoms with Crippen molar-refractivity contribution >= 4 is 23.2 Å². The van der Waals surface area contributed by atoms with Crippen LogP contribution in [0.1, 0.15) is 17.5 Å². The average molecular weight is 480 g/mol. The van der Waals surface area contributed by atoms with E-state index in [-0.39, 0.29) is 29.9 Å². The van der Waals surface area contributed by atoms with Crippen LogP contribution in [0.3, 0.4) is 0 Å². The highest BCUT2D eigenvalue weighted by molar-refractivity contribution is 5.80. The monoisotopic (exact) mass is 480 g/mol. The molecule has 1 fully saturated rings. The van der Waals surface area contributed by atoms with E-state index in [4.69, 9.17) is 14.6 Å². The molecule has 1 aromatic carbocycles. The van der Waals surface area contributed by atoms with Crippen LogP contribution < -0.4 is 14.8 Å². The van der Waals surface area contributed by atoms with Crippen LogP contribution in [0.5, 0.6) is 11.6 Å². The van der Waals surface area contributed by atoms with Gasteiger partial charge in [-0.05, 0) is 31.0 Å². The summed E-state index contributed by atoms with van der Waals surface area (Å²) in [5, 5.41) is 12.3. The Labute approximate surface area is 192 Å². The molecule has 2 N–H and O–H groups in total. The number of likely N-dealkylation sites (tertiary alicyclic amines) is 1. The lowest BCUT2D eigenvalue weighted by Gasteiger charge is -2.16. The van der Waals surface area contributed by atoms with Crippen LogP contribution >= 0.6 is 0 Å². The minimum atomic E-state index is -4.52. The van der Waals surface area contributed by atoms with Gasteiger partial charge in [0, 0.05) is 26.2 Å². The molecule has 182 valence electrons. The molecular weight excluding hydrogens is 457 g/mol. The number of methoxy groups -OCH3 is 2. The Hall–Kier alpha value is -3.77. The molecule has 1 saturated heterocycles. The molecule has 0 radical (unpaired) electrons. The third-order valence-corrected chi connectivity index (χ3v) is 5.74. The number of imidazole rings is 1. The molecule has 0 aliphatic carbocycles. The summed E-state index contributed by atoms with van der Waals surface area (Å²) < 4.78 is 52.1. The number of rotatable bonds is 5. The van der Waals surface area contributed by atoms with Crippen molar-refractivity contribution in [3.8, 4) is 23.0 Å². The standard InChI is InChI=1S/C21H23F3N6O4/c1-10-7-11(21(22,23)24)8-13(33-3)14(10)17-27-15-18(29(17)2)28-19(34-4)16(26-15)25-12-5-6-30(9-12)20(31)32/h7-8,12H,5-6,9H2,1-4H3,(H,25,26)(H,31,32)/t12-/m1/s1. The van der Waals surface area contributed by atoms with Crippen molar-refractivity contribution in [1.82, 2.24) is 24.4 Å². The number of aromatic nitrogens is 4. The van der Waals surface area contributed by atoms with Crippen molar-refractivity contribution in [2.75, 3.05) is 32.6 Å². The summed E-state index contributed by atoms with van der Waals surface area (Å²) in [6.07, 6.45) is -4.92. The Morgan fingerprint density at radius 2 is 1.94 bits per heavy atom. The van der Waals surface area contributed by atoms with Crippen LogP contribution in [0, 0.1) is 6.92 Å². The minimum Gasteiger partial charge on any atom is -0.496 e. The van der Waals surface area contributed by atoms with Gasteiger partial charge in [0.05, 0.1) is 25.3 Å². The van der Waals surface area contributed by atoms with Crippen LogP contribution in [-0.2, 0) is 13.2 Å². The van der Waals surface area contributed by atoms with Gasteiger partial charge in [0.2, 0.25) is 0 Å². The third-order valence-electron chi connectivity index (χ3n) is 5.74. The number of aryl methyl sites for hydroxylation is 2. The topological polar surface area (TPSA) is 115 Å². The van der Waals surface area contributed by atoms with Gasteiger partial charge in [0.1, 0.15) is 11.6 Å². The largest absolute Gasteiger partial charge is 0.496 e. The summed E-state index contributed by atoms with van der Waals surface area (Å²) in [6, 6.07) is 1.79. The molecule has 10 nitrogen and oxygen atoms in total. The maximum atomic E-state index is 13.3. The summed E-state index contributed by atoms with van der Waals surface area (Å²) in [6.45, 7) is 2.23. The van der Waals surface area contributed by atoms with E-state index in [9.17, 15) is 18.0 Å². The quantitative estimate of drug-likeness (QED) is 0.570. The average Bonchev–Trinajstić information content (AvgIpc) is 3.36. The summed E-state index contributed by atoms with van der Waals surface area (Å²) in [5.41, 5.74) is 0.502. The van der Waals surface area contributed by atoms with Crippen molar-refractivity contribution in [1.29, 1.82) is 0 Å².